The largest absolute Gasteiger partial charge is 0.471 e. The summed E-state index contributed by atoms with van der Waals surface area (Å²) in [4.78, 5) is 5.68. The third kappa shape index (κ3) is 3.85. The first-order chi connectivity index (χ1) is 12.8. The topological polar surface area (TPSA) is 40.0 Å². The first kappa shape index (κ1) is 18.1. The number of hydrogen-bond donors (Lipinski definition) is 0. The summed E-state index contributed by atoms with van der Waals surface area (Å²) in [6.07, 6.45) is 16.8. The molecule has 0 aromatic heterocycles. The van der Waals surface area contributed by atoms with Gasteiger partial charge in [0.05, 0.1) is 12.0 Å². The van der Waals surface area contributed by atoms with E-state index in [0.717, 1.165) is 38.2 Å². The predicted molar refractivity (Wildman–Crippen MR) is 103 cm³/mol. The molecule has 4 heteroatoms. The Bertz CT molecular complexity index is 594. The molecule has 0 N–H and O–H groups in total. The van der Waals surface area contributed by atoms with Gasteiger partial charge in [-0.3, -0.25) is 0 Å². The molecule has 4 rings (SSSR count). The SMILES string of the molecule is CC1=CC[C@]2(C3=NOCC(C/C4=C\CCCCCC4)O3)COCC[C@@H]2C1. The molecule has 0 aromatic rings. The van der Waals surface area contributed by atoms with Gasteiger partial charge >= 0.3 is 0 Å². The van der Waals surface area contributed by atoms with Gasteiger partial charge in [0, 0.05) is 13.0 Å². The van der Waals surface area contributed by atoms with Crippen molar-refractivity contribution in [2.75, 3.05) is 19.8 Å². The fourth-order valence-electron chi connectivity index (χ4n) is 4.99. The number of allylic oxidation sites excluding steroid dienone is 3. The molecule has 0 radical (unpaired) electrons. The lowest BCUT2D eigenvalue weighted by Crippen LogP contribution is -2.51. The highest BCUT2D eigenvalue weighted by Gasteiger charge is 2.50. The molecule has 4 nitrogen and oxygen atoms in total. The first-order valence-electron chi connectivity index (χ1n) is 10.5. The van der Waals surface area contributed by atoms with Crippen LogP contribution in [0.25, 0.3) is 0 Å². The van der Waals surface area contributed by atoms with Crippen LogP contribution in [0.15, 0.2) is 28.5 Å². The van der Waals surface area contributed by atoms with Crippen molar-refractivity contribution in [2.45, 2.75) is 77.2 Å². The summed E-state index contributed by atoms with van der Waals surface area (Å²) >= 11 is 0. The minimum absolute atomic E-state index is 0.0946. The van der Waals surface area contributed by atoms with E-state index in [0.29, 0.717) is 19.1 Å². The standard InChI is InChI=1S/C22H33NO3/c1-17-9-11-22(16-24-12-10-19(22)13-17)21-23-25-15-20(26-21)14-18-7-5-3-2-4-6-8-18/h7,9,19-20H,2-6,8,10-16H2,1H3/b18-7-/t19-,20?,22+/m1/s1. The number of nitrogens with zero attached hydrogens (tertiary/aromatic N) is 1. The first-order valence-corrected chi connectivity index (χ1v) is 10.5. The lowest BCUT2D eigenvalue weighted by Gasteiger charge is -2.46. The van der Waals surface area contributed by atoms with Crippen LogP contribution in [0.2, 0.25) is 0 Å². The number of ether oxygens (including phenoxy) is 2. The second kappa shape index (κ2) is 8.16. The maximum absolute atomic E-state index is 6.47. The average Bonchev–Trinajstić information content (AvgIpc) is 2.64. The molecule has 0 amide bonds. The normalized spacial score (nSPS) is 37.5. The third-order valence-corrected chi connectivity index (χ3v) is 6.62. The monoisotopic (exact) mass is 359 g/mol. The van der Waals surface area contributed by atoms with Crippen LogP contribution in [-0.4, -0.2) is 31.8 Å². The van der Waals surface area contributed by atoms with Gasteiger partial charge in [-0.15, -0.1) is 0 Å². The van der Waals surface area contributed by atoms with Crippen LogP contribution in [-0.2, 0) is 14.3 Å². The molecule has 0 spiro atoms. The van der Waals surface area contributed by atoms with Gasteiger partial charge in [0.15, 0.2) is 6.61 Å². The van der Waals surface area contributed by atoms with Crippen molar-refractivity contribution >= 4 is 5.90 Å². The molecule has 4 aliphatic rings. The third-order valence-electron chi connectivity index (χ3n) is 6.62. The molecule has 2 aliphatic heterocycles. The van der Waals surface area contributed by atoms with Gasteiger partial charge in [-0.05, 0) is 57.8 Å². The van der Waals surface area contributed by atoms with Crippen molar-refractivity contribution in [2.24, 2.45) is 16.5 Å². The molecule has 3 atom stereocenters. The summed E-state index contributed by atoms with van der Waals surface area (Å²) in [6.45, 7) is 4.36. The van der Waals surface area contributed by atoms with Gasteiger partial charge in [0.1, 0.15) is 6.10 Å². The second-order valence-electron chi connectivity index (χ2n) is 8.60. The van der Waals surface area contributed by atoms with Crippen LogP contribution in [0.3, 0.4) is 0 Å². The fourth-order valence-corrected chi connectivity index (χ4v) is 4.99. The fraction of sp³-hybridized carbons (Fsp3) is 0.773. The smallest absolute Gasteiger partial charge is 0.235 e. The number of fused-ring (bicyclic) bond motifs is 1. The average molecular weight is 360 g/mol. The summed E-state index contributed by atoms with van der Waals surface area (Å²) in [6, 6.07) is 0. The molecular weight excluding hydrogens is 326 g/mol. The van der Waals surface area contributed by atoms with Gasteiger partial charge in [0.25, 0.3) is 0 Å². The quantitative estimate of drug-likeness (QED) is 0.654. The molecule has 1 fully saturated rings. The maximum atomic E-state index is 6.47. The Morgan fingerprint density at radius 2 is 2.12 bits per heavy atom. The highest BCUT2D eigenvalue weighted by atomic mass is 16.7. The zero-order valence-corrected chi connectivity index (χ0v) is 16.2. The van der Waals surface area contributed by atoms with Gasteiger partial charge in [0.2, 0.25) is 5.90 Å². The van der Waals surface area contributed by atoms with Crippen molar-refractivity contribution in [3.05, 3.63) is 23.3 Å². The molecular formula is C22H33NO3. The molecule has 0 saturated carbocycles. The zero-order chi connectivity index (χ0) is 17.8. The molecule has 0 aromatic carbocycles. The van der Waals surface area contributed by atoms with Crippen molar-refractivity contribution in [3.63, 3.8) is 0 Å². The lowest BCUT2D eigenvalue weighted by molar-refractivity contribution is -0.0582. The van der Waals surface area contributed by atoms with E-state index in [2.05, 4.69) is 24.2 Å². The van der Waals surface area contributed by atoms with E-state index >= 15 is 0 Å². The van der Waals surface area contributed by atoms with E-state index in [1.165, 1.54) is 44.1 Å². The molecule has 2 aliphatic carbocycles. The molecule has 26 heavy (non-hydrogen) atoms. The van der Waals surface area contributed by atoms with Crippen LogP contribution >= 0.6 is 0 Å². The highest BCUT2D eigenvalue weighted by molar-refractivity contribution is 5.84. The van der Waals surface area contributed by atoms with Gasteiger partial charge in [-0.2, -0.15) is 0 Å². The molecule has 1 saturated heterocycles. The van der Waals surface area contributed by atoms with Crippen LogP contribution in [0.5, 0.6) is 0 Å². The van der Waals surface area contributed by atoms with Gasteiger partial charge in [-0.1, -0.05) is 41.3 Å². The molecule has 144 valence electrons. The van der Waals surface area contributed by atoms with E-state index in [1.54, 1.807) is 5.57 Å². The van der Waals surface area contributed by atoms with Crippen molar-refractivity contribution < 1.29 is 14.3 Å². The Morgan fingerprint density at radius 1 is 1.19 bits per heavy atom. The van der Waals surface area contributed by atoms with Crippen molar-refractivity contribution in [1.29, 1.82) is 0 Å². The van der Waals surface area contributed by atoms with E-state index in [4.69, 9.17) is 14.3 Å². The number of hydrogen-bond acceptors (Lipinski definition) is 4. The highest BCUT2D eigenvalue weighted by Crippen LogP contribution is 2.47. The Labute approximate surface area is 157 Å². The minimum atomic E-state index is -0.119. The Balaban J connectivity index is 1.46. The predicted octanol–water partition coefficient (Wildman–Crippen LogP) is 5.15. The van der Waals surface area contributed by atoms with E-state index < -0.39 is 0 Å². The van der Waals surface area contributed by atoms with Crippen LogP contribution in [0.1, 0.15) is 71.1 Å². The Hall–Kier alpha value is -1.29. The van der Waals surface area contributed by atoms with Crippen LogP contribution in [0.4, 0.5) is 0 Å². The van der Waals surface area contributed by atoms with Crippen LogP contribution < -0.4 is 0 Å². The Kier molecular flexibility index (Phi) is 5.68. The van der Waals surface area contributed by atoms with Gasteiger partial charge < -0.3 is 14.3 Å². The Morgan fingerprint density at radius 3 is 3.08 bits per heavy atom. The molecule has 2 heterocycles. The summed E-state index contributed by atoms with van der Waals surface area (Å²) in [5.41, 5.74) is 2.92. The molecule has 1 unspecified atom stereocenters. The number of rotatable bonds is 3. The van der Waals surface area contributed by atoms with E-state index in [-0.39, 0.29) is 11.5 Å². The number of oxime groups is 1. The summed E-state index contributed by atoms with van der Waals surface area (Å²) in [5, 5.41) is 4.40. The van der Waals surface area contributed by atoms with Crippen molar-refractivity contribution in [3.8, 4) is 0 Å². The lowest BCUT2D eigenvalue weighted by atomic mass is 9.65. The maximum Gasteiger partial charge on any atom is 0.235 e. The summed E-state index contributed by atoms with van der Waals surface area (Å²) in [7, 11) is 0. The van der Waals surface area contributed by atoms with Crippen molar-refractivity contribution in [1.82, 2.24) is 0 Å². The molecule has 0 bridgehead atoms. The summed E-state index contributed by atoms with van der Waals surface area (Å²) < 4.78 is 12.4. The zero-order valence-electron chi connectivity index (χ0n) is 16.2. The second-order valence-corrected chi connectivity index (χ2v) is 8.60. The van der Waals surface area contributed by atoms with Crippen LogP contribution in [0, 0.1) is 11.3 Å². The summed E-state index contributed by atoms with van der Waals surface area (Å²) in [5.74, 6) is 1.36. The minimum Gasteiger partial charge on any atom is -0.471 e. The van der Waals surface area contributed by atoms with Gasteiger partial charge in [-0.25, -0.2) is 0 Å². The van der Waals surface area contributed by atoms with E-state index in [1.807, 2.05) is 0 Å². The van der Waals surface area contributed by atoms with E-state index in [9.17, 15) is 0 Å².